The van der Waals surface area contributed by atoms with Gasteiger partial charge in [-0.15, -0.1) is 11.6 Å². The topological polar surface area (TPSA) is 9.23 Å². The first-order valence-corrected chi connectivity index (χ1v) is 5.34. The van der Waals surface area contributed by atoms with Crippen LogP contribution in [0.2, 0.25) is 0 Å². The van der Waals surface area contributed by atoms with E-state index in [1.807, 2.05) is 0 Å². The van der Waals surface area contributed by atoms with E-state index < -0.39 is 0 Å². The second kappa shape index (κ2) is 4.18. The quantitative estimate of drug-likeness (QED) is 0.688. The molecule has 0 aromatic heterocycles. The van der Waals surface area contributed by atoms with Crippen molar-refractivity contribution in [3.63, 3.8) is 0 Å². The number of hydrogen-bond acceptors (Lipinski definition) is 1. The molecule has 0 bridgehead atoms. The Balaban J connectivity index is 2.15. The zero-order valence-corrected chi connectivity index (χ0v) is 8.56. The smallest absolute Gasteiger partial charge is 0.123 e. The van der Waals surface area contributed by atoms with E-state index in [1.54, 1.807) is 12.1 Å². The summed E-state index contributed by atoms with van der Waals surface area (Å²) in [5, 5.41) is 0. The van der Waals surface area contributed by atoms with Gasteiger partial charge < -0.3 is 4.74 Å². The van der Waals surface area contributed by atoms with Crippen LogP contribution in [0, 0.1) is 5.82 Å². The van der Waals surface area contributed by atoms with Gasteiger partial charge in [0.1, 0.15) is 17.7 Å². The van der Waals surface area contributed by atoms with Gasteiger partial charge in [0.2, 0.25) is 0 Å². The molecule has 0 fully saturated rings. The summed E-state index contributed by atoms with van der Waals surface area (Å²) in [5.41, 5.74) is 0.968. The van der Waals surface area contributed by atoms with E-state index in [-0.39, 0.29) is 11.9 Å². The highest BCUT2D eigenvalue weighted by molar-refractivity contribution is 6.17. The van der Waals surface area contributed by atoms with E-state index in [2.05, 4.69) is 0 Å². The molecule has 0 spiro atoms. The molecular formula is C11H12ClFO. The van der Waals surface area contributed by atoms with Gasteiger partial charge in [0, 0.05) is 5.88 Å². The molecule has 0 saturated heterocycles. The Morgan fingerprint density at radius 2 is 2.36 bits per heavy atom. The molecule has 1 heterocycles. The Morgan fingerprint density at radius 1 is 1.50 bits per heavy atom. The molecule has 1 aromatic rings. The Bertz CT molecular complexity index is 327. The first kappa shape index (κ1) is 9.78. The molecule has 0 saturated carbocycles. The molecule has 14 heavy (non-hydrogen) atoms. The van der Waals surface area contributed by atoms with Crippen molar-refractivity contribution in [2.45, 2.75) is 25.4 Å². The van der Waals surface area contributed by atoms with Crippen LogP contribution in [0.4, 0.5) is 4.39 Å². The Hall–Kier alpha value is -0.760. The summed E-state index contributed by atoms with van der Waals surface area (Å²) in [6.07, 6.45) is 2.88. The number of ether oxygens (including phenoxy) is 1. The highest BCUT2D eigenvalue weighted by Crippen LogP contribution is 2.29. The van der Waals surface area contributed by atoms with Gasteiger partial charge in [-0.1, -0.05) is 0 Å². The fourth-order valence-corrected chi connectivity index (χ4v) is 1.98. The second-order valence-corrected chi connectivity index (χ2v) is 3.89. The lowest BCUT2D eigenvalue weighted by Crippen LogP contribution is -2.23. The molecule has 1 unspecified atom stereocenters. The maximum atomic E-state index is 12.9. The van der Waals surface area contributed by atoms with E-state index in [1.165, 1.54) is 6.07 Å². The third-order valence-corrected chi connectivity index (χ3v) is 2.70. The monoisotopic (exact) mass is 214 g/mol. The lowest BCUT2D eigenvalue weighted by molar-refractivity contribution is 0.170. The molecule has 3 heteroatoms. The Kier molecular flexibility index (Phi) is 2.92. The highest BCUT2D eigenvalue weighted by atomic mass is 35.5. The van der Waals surface area contributed by atoms with Gasteiger partial charge in [0.15, 0.2) is 0 Å². The average Bonchev–Trinajstić information content (AvgIpc) is 2.19. The van der Waals surface area contributed by atoms with Crippen LogP contribution in [0.3, 0.4) is 0 Å². The standard InChI is InChI=1S/C11H12ClFO/c12-6-5-10-3-1-8-7-9(13)2-4-11(8)14-10/h2,4,7,10H,1,3,5-6H2. The van der Waals surface area contributed by atoms with Crippen LogP contribution < -0.4 is 4.74 Å². The van der Waals surface area contributed by atoms with Crippen LogP contribution in [0.5, 0.6) is 5.75 Å². The van der Waals surface area contributed by atoms with Crippen LogP contribution >= 0.6 is 11.6 Å². The van der Waals surface area contributed by atoms with Crippen molar-refractivity contribution >= 4 is 11.6 Å². The van der Waals surface area contributed by atoms with Gasteiger partial charge >= 0.3 is 0 Å². The molecule has 2 rings (SSSR count). The number of hydrogen-bond donors (Lipinski definition) is 0. The van der Waals surface area contributed by atoms with Crippen molar-refractivity contribution in [2.24, 2.45) is 0 Å². The first-order chi connectivity index (χ1) is 6.79. The van der Waals surface area contributed by atoms with Crippen molar-refractivity contribution in [3.05, 3.63) is 29.6 Å². The van der Waals surface area contributed by atoms with Crippen molar-refractivity contribution in [3.8, 4) is 5.75 Å². The van der Waals surface area contributed by atoms with E-state index in [0.717, 1.165) is 30.6 Å². The van der Waals surface area contributed by atoms with Crippen LogP contribution in [0.1, 0.15) is 18.4 Å². The molecule has 1 nitrogen and oxygen atoms in total. The summed E-state index contributed by atoms with van der Waals surface area (Å²) in [4.78, 5) is 0. The minimum Gasteiger partial charge on any atom is -0.490 e. The van der Waals surface area contributed by atoms with Crippen LogP contribution in [0.15, 0.2) is 18.2 Å². The highest BCUT2D eigenvalue weighted by Gasteiger charge is 2.19. The summed E-state index contributed by atoms with van der Waals surface area (Å²) < 4.78 is 18.5. The van der Waals surface area contributed by atoms with Crippen molar-refractivity contribution in [2.75, 3.05) is 5.88 Å². The van der Waals surface area contributed by atoms with E-state index in [0.29, 0.717) is 5.88 Å². The second-order valence-electron chi connectivity index (χ2n) is 3.51. The zero-order chi connectivity index (χ0) is 9.97. The normalized spacial score (nSPS) is 20.0. The predicted octanol–water partition coefficient (Wildman–Crippen LogP) is 3.15. The SMILES string of the molecule is Fc1ccc2c(c1)CCC(CCCl)O2. The third kappa shape index (κ3) is 2.01. The van der Waals surface area contributed by atoms with Gasteiger partial charge in [-0.2, -0.15) is 0 Å². The summed E-state index contributed by atoms with van der Waals surface area (Å²) in [6.45, 7) is 0. The minimum atomic E-state index is -0.192. The summed E-state index contributed by atoms with van der Waals surface area (Å²) in [5.74, 6) is 1.23. The molecule has 0 radical (unpaired) electrons. The van der Waals surface area contributed by atoms with E-state index in [4.69, 9.17) is 16.3 Å². The van der Waals surface area contributed by atoms with Gasteiger partial charge in [0.25, 0.3) is 0 Å². The van der Waals surface area contributed by atoms with E-state index >= 15 is 0 Å². The van der Waals surface area contributed by atoms with Crippen molar-refractivity contribution in [1.29, 1.82) is 0 Å². The fraction of sp³-hybridized carbons (Fsp3) is 0.455. The molecule has 76 valence electrons. The van der Waals surface area contributed by atoms with Crippen molar-refractivity contribution < 1.29 is 9.13 Å². The summed E-state index contributed by atoms with van der Waals surface area (Å²) in [6, 6.07) is 4.68. The molecule has 0 N–H and O–H groups in total. The fourth-order valence-electron chi connectivity index (χ4n) is 1.74. The summed E-state index contributed by atoms with van der Waals surface area (Å²) >= 11 is 5.65. The average molecular weight is 215 g/mol. The molecule has 0 amide bonds. The predicted molar refractivity (Wildman–Crippen MR) is 54.5 cm³/mol. The molecule has 1 atom stereocenters. The van der Waals surface area contributed by atoms with Gasteiger partial charge in [-0.3, -0.25) is 0 Å². The lowest BCUT2D eigenvalue weighted by atomic mass is 10.0. The largest absolute Gasteiger partial charge is 0.490 e. The maximum absolute atomic E-state index is 12.9. The minimum absolute atomic E-state index is 0.192. The van der Waals surface area contributed by atoms with Crippen LogP contribution in [-0.2, 0) is 6.42 Å². The first-order valence-electron chi connectivity index (χ1n) is 4.80. The number of alkyl halides is 1. The third-order valence-electron chi connectivity index (χ3n) is 2.48. The molecule has 1 aliphatic rings. The number of fused-ring (bicyclic) bond motifs is 1. The zero-order valence-electron chi connectivity index (χ0n) is 7.80. The van der Waals surface area contributed by atoms with Crippen LogP contribution in [-0.4, -0.2) is 12.0 Å². The molecule has 0 aliphatic carbocycles. The maximum Gasteiger partial charge on any atom is 0.123 e. The number of aryl methyl sites for hydroxylation is 1. The lowest BCUT2D eigenvalue weighted by Gasteiger charge is -2.25. The number of halogens is 2. The van der Waals surface area contributed by atoms with Gasteiger partial charge in [-0.05, 0) is 43.0 Å². The molecule has 1 aliphatic heterocycles. The Labute approximate surface area is 87.8 Å². The number of benzene rings is 1. The van der Waals surface area contributed by atoms with Crippen LogP contribution in [0.25, 0.3) is 0 Å². The van der Waals surface area contributed by atoms with E-state index in [9.17, 15) is 4.39 Å². The van der Waals surface area contributed by atoms with Gasteiger partial charge in [-0.25, -0.2) is 4.39 Å². The van der Waals surface area contributed by atoms with Crippen molar-refractivity contribution in [1.82, 2.24) is 0 Å². The number of rotatable bonds is 2. The summed E-state index contributed by atoms with van der Waals surface area (Å²) in [7, 11) is 0. The Morgan fingerprint density at radius 3 is 3.14 bits per heavy atom. The van der Waals surface area contributed by atoms with Gasteiger partial charge in [0.05, 0.1) is 0 Å². The molecular weight excluding hydrogens is 203 g/mol. The molecule has 1 aromatic carbocycles.